The van der Waals surface area contributed by atoms with E-state index in [1.807, 2.05) is 31.2 Å². The highest BCUT2D eigenvalue weighted by Crippen LogP contribution is 2.19. The lowest BCUT2D eigenvalue weighted by molar-refractivity contribution is 0.398. The van der Waals surface area contributed by atoms with E-state index in [1.54, 1.807) is 13.3 Å². The molecular formula is C11H11N3O. The Morgan fingerprint density at radius 2 is 2.00 bits per heavy atom. The normalized spacial score (nSPS) is 10.0. The molecule has 4 heteroatoms. The number of hydrogen-bond donors (Lipinski definition) is 0. The van der Waals surface area contributed by atoms with Crippen LogP contribution in [0.5, 0.6) is 5.88 Å². The molecule has 0 N–H and O–H groups in total. The van der Waals surface area contributed by atoms with Crippen LogP contribution in [-0.4, -0.2) is 22.3 Å². The van der Waals surface area contributed by atoms with Crippen LogP contribution < -0.4 is 4.74 Å². The molecule has 0 radical (unpaired) electrons. The Bertz CT molecular complexity index is 454. The third-order valence-corrected chi connectivity index (χ3v) is 2.04. The summed E-state index contributed by atoms with van der Waals surface area (Å²) in [5.41, 5.74) is 2.68. The van der Waals surface area contributed by atoms with Crippen LogP contribution in [0.25, 0.3) is 11.3 Å². The van der Waals surface area contributed by atoms with Gasteiger partial charge in [-0.15, -0.1) is 0 Å². The molecule has 76 valence electrons. The molecule has 0 bridgehead atoms. The van der Waals surface area contributed by atoms with E-state index in [4.69, 9.17) is 4.74 Å². The lowest BCUT2D eigenvalue weighted by atomic mass is 10.2. The van der Waals surface area contributed by atoms with Gasteiger partial charge < -0.3 is 4.74 Å². The topological polar surface area (TPSA) is 47.9 Å². The van der Waals surface area contributed by atoms with Gasteiger partial charge in [0.15, 0.2) is 0 Å². The molecule has 0 amide bonds. The molecule has 0 aliphatic heterocycles. The van der Waals surface area contributed by atoms with E-state index in [1.165, 1.54) is 0 Å². The summed E-state index contributed by atoms with van der Waals surface area (Å²) in [5.74, 6) is 0.579. The van der Waals surface area contributed by atoms with E-state index in [0.29, 0.717) is 5.88 Å². The molecular weight excluding hydrogens is 190 g/mol. The smallest absolute Gasteiger partial charge is 0.213 e. The second kappa shape index (κ2) is 4.04. The van der Waals surface area contributed by atoms with Crippen molar-refractivity contribution in [1.82, 2.24) is 15.2 Å². The summed E-state index contributed by atoms with van der Waals surface area (Å²) in [4.78, 5) is 4.03. The number of ether oxygens (including phenoxy) is 1. The van der Waals surface area contributed by atoms with E-state index in [2.05, 4.69) is 15.2 Å². The van der Waals surface area contributed by atoms with Gasteiger partial charge in [0.25, 0.3) is 0 Å². The van der Waals surface area contributed by atoms with Crippen LogP contribution in [0.2, 0.25) is 0 Å². The molecule has 0 fully saturated rings. The number of rotatable bonds is 2. The average molecular weight is 201 g/mol. The van der Waals surface area contributed by atoms with Crippen molar-refractivity contribution >= 4 is 0 Å². The molecule has 0 unspecified atom stereocenters. The zero-order chi connectivity index (χ0) is 10.7. The van der Waals surface area contributed by atoms with Gasteiger partial charge in [-0.3, -0.25) is 0 Å². The summed E-state index contributed by atoms with van der Waals surface area (Å²) in [6, 6.07) is 7.56. The number of methoxy groups -OCH3 is 1. The lowest BCUT2D eigenvalue weighted by Crippen LogP contribution is -1.91. The van der Waals surface area contributed by atoms with E-state index in [0.717, 1.165) is 17.0 Å². The van der Waals surface area contributed by atoms with Crippen molar-refractivity contribution in [2.45, 2.75) is 6.92 Å². The first-order chi connectivity index (χ1) is 7.29. The van der Waals surface area contributed by atoms with Crippen LogP contribution in [0.15, 0.2) is 30.5 Å². The summed E-state index contributed by atoms with van der Waals surface area (Å²) >= 11 is 0. The molecule has 0 aliphatic carbocycles. The number of nitrogens with zero attached hydrogens (tertiary/aromatic N) is 3. The maximum absolute atomic E-state index is 5.04. The molecule has 2 heterocycles. The van der Waals surface area contributed by atoms with Crippen molar-refractivity contribution in [3.8, 4) is 17.1 Å². The highest BCUT2D eigenvalue weighted by atomic mass is 16.5. The van der Waals surface area contributed by atoms with E-state index in [-0.39, 0.29) is 0 Å². The van der Waals surface area contributed by atoms with E-state index >= 15 is 0 Å². The highest BCUT2D eigenvalue weighted by Gasteiger charge is 2.01. The Balaban J connectivity index is 2.40. The van der Waals surface area contributed by atoms with Crippen molar-refractivity contribution < 1.29 is 4.74 Å². The predicted octanol–water partition coefficient (Wildman–Crippen LogP) is 1.86. The zero-order valence-electron chi connectivity index (χ0n) is 8.64. The SMILES string of the molecule is COc1cc(-c2ccc(C)nn2)ccn1. The van der Waals surface area contributed by atoms with Crippen LogP contribution in [0, 0.1) is 6.92 Å². The molecule has 0 spiro atoms. The highest BCUT2D eigenvalue weighted by molar-refractivity contribution is 5.59. The quantitative estimate of drug-likeness (QED) is 0.744. The van der Waals surface area contributed by atoms with Gasteiger partial charge in [-0.25, -0.2) is 4.98 Å². The zero-order valence-corrected chi connectivity index (χ0v) is 8.64. The van der Waals surface area contributed by atoms with Gasteiger partial charge in [-0.1, -0.05) is 0 Å². The Hall–Kier alpha value is -1.97. The molecule has 0 saturated heterocycles. The fraction of sp³-hybridized carbons (Fsp3) is 0.182. The van der Waals surface area contributed by atoms with Crippen LogP contribution in [0.3, 0.4) is 0 Å². The Morgan fingerprint density at radius 1 is 1.13 bits per heavy atom. The number of aryl methyl sites for hydroxylation is 1. The van der Waals surface area contributed by atoms with Crippen molar-refractivity contribution in [1.29, 1.82) is 0 Å². The minimum absolute atomic E-state index is 0.579. The van der Waals surface area contributed by atoms with Crippen molar-refractivity contribution in [2.24, 2.45) is 0 Å². The number of hydrogen-bond acceptors (Lipinski definition) is 4. The molecule has 15 heavy (non-hydrogen) atoms. The van der Waals surface area contributed by atoms with Gasteiger partial charge in [0.1, 0.15) is 0 Å². The minimum Gasteiger partial charge on any atom is -0.481 e. The second-order valence-electron chi connectivity index (χ2n) is 3.15. The summed E-state index contributed by atoms with van der Waals surface area (Å²) < 4.78 is 5.04. The van der Waals surface area contributed by atoms with Crippen LogP contribution in [0.1, 0.15) is 5.69 Å². The van der Waals surface area contributed by atoms with Crippen molar-refractivity contribution in [3.05, 3.63) is 36.2 Å². The van der Waals surface area contributed by atoms with Crippen molar-refractivity contribution in [3.63, 3.8) is 0 Å². The molecule has 0 aromatic carbocycles. The van der Waals surface area contributed by atoms with E-state index in [9.17, 15) is 0 Å². The molecule has 0 atom stereocenters. The minimum atomic E-state index is 0.579. The van der Waals surface area contributed by atoms with Gasteiger partial charge in [0.2, 0.25) is 5.88 Å². The molecule has 0 aliphatic rings. The molecule has 0 saturated carbocycles. The first kappa shape index (κ1) is 9.58. The van der Waals surface area contributed by atoms with Crippen molar-refractivity contribution in [2.75, 3.05) is 7.11 Å². The standard InChI is InChI=1S/C11H11N3O/c1-8-3-4-10(14-13-8)9-5-6-12-11(7-9)15-2/h3-7H,1-2H3. The summed E-state index contributed by atoms with van der Waals surface area (Å²) in [6.07, 6.45) is 1.69. The van der Waals surface area contributed by atoms with Gasteiger partial charge in [-0.2, -0.15) is 10.2 Å². The molecule has 2 aromatic heterocycles. The summed E-state index contributed by atoms with van der Waals surface area (Å²) in [5, 5.41) is 8.09. The maximum atomic E-state index is 5.04. The summed E-state index contributed by atoms with van der Waals surface area (Å²) in [6.45, 7) is 1.91. The van der Waals surface area contributed by atoms with E-state index < -0.39 is 0 Å². The summed E-state index contributed by atoms with van der Waals surface area (Å²) in [7, 11) is 1.59. The van der Waals surface area contributed by atoms with Gasteiger partial charge in [0, 0.05) is 17.8 Å². The Morgan fingerprint density at radius 3 is 2.67 bits per heavy atom. The first-order valence-corrected chi connectivity index (χ1v) is 4.60. The molecule has 2 aromatic rings. The first-order valence-electron chi connectivity index (χ1n) is 4.60. The fourth-order valence-corrected chi connectivity index (χ4v) is 1.23. The molecule has 4 nitrogen and oxygen atoms in total. The van der Waals surface area contributed by atoms with Gasteiger partial charge in [0.05, 0.1) is 18.5 Å². The monoisotopic (exact) mass is 201 g/mol. The number of aromatic nitrogens is 3. The third kappa shape index (κ3) is 2.10. The Kier molecular flexibility index (Phi) is 2.58. The average Bonchev–Trinajstić information content (AvgIpc) is 2.30. The maximum Gasteiger partial charge on any atom is 0.213 e. The Labute approximate surface area is 88.0 Å². The number of pyridine rings is 1. The second-order valence-corrected chi connectivity index (χ2v) is 3.15. The predicted molar refractivity (Wildman–Crippen MR) is 56.6 cm³/mol. The molecule has 2 rings (SSSR count). The lowest BCUT2D eigenvalue weighted by Gasteiger charge is -2.02. The van der Waals surface area contributed by atoms with Gasteiger partial charge >= 0.3 is 0 Å². The van der Waals surface area contributed by atoms with Crippen LogP contribution >= 0.6 is 0 Å². The fourth-order valence-electron chi connectivity index (χ4n) is 1.23. The van der Waals surface area contributed by atoms with Crippen LogP contribution in [0.4, 0.5) is 0 Å². The largest absolute Gasteiger partial charge is 0.481 e. The third-order valence-electron chi connectivity index (χ3n) is 2.04. The van der Waals surface area contributed by atoms with Crippen LogP contribution in [-0.2, 0) is 0 Å². The van der Waals surface area contributed by atoms with Gasteiger partial charge in [-0.05, 0) is 25.1 Å².